The maximum Gasteiger partial charge on any atom is 0.313 e. The number of nitrogens with zero attached hydrogens (tertiary/aromatic N) is 1. The Morgan fingerprint density at radius 2 is 1.68 bits per heavy atom. The minimum atomic E-state index is -0.390. The number of ether oxygens (including phenoxy) is 1. The largest absolute Gasteiger partial charge is 0.454 e. The van der Waals surface area contributed by atoms with E-state index in [0.717, 1.165) is 38.6 Å². The van der Waals surface area contributed by atoms with Crippen LogP contribution < -0.4 is 0 Å². The van der Waals surface area contributed by atoms with Crippen LogP contribution in [0.15, 0.2) is 30.3 Å². The molecule has 2 saturated heterocycles. The number of hydrogen-bond acceptors (Lipinski definition) is 3. The molecule has 0 amide bonds. The summed E-state index contributed by atoms with van der Waals surface area (Å²) in [4.78, 5) is 15.4. The zero-order valence-corrected chi connectivity index (χ0v) is 15.3. The number of benzene rings is 1. The first-order chi connectivity index (χ1) is 12.2. The Kier molecular flexibility index (Phi) is 4.86. The van der Waals surface area contributed by atoms with E-state index in [-0.39, 0.29) is 11.4 Å². The van der Waals surface area contributed by atoms with Gasteiger partial charge in [0, 0.05) is 6.42 Å². The molecule has 1 saturated carbocycles. The molecule has 3 fully saturated rings. The highest BCUT2D eigenvalue weighted by Gasteiger charge is 2.57. The van der Waals surface area contributed by atoms with Gasteiger partial charge in [0.15, 0.2) is 0 Å². The molecule has 3 nitrogen and oxygen atoms in total. The van der Waals surface area contributed by atoms with Crippen molar-refractivity contribution in [1.29, 1.82) is 0 Å². The van der Waals surface area contributed by atoms with Gasteiger partial charge in [0.2, 0.25) is 0 Å². The number of hydrogen-bond donors (Lipinski definition) is 0. The van der Waals surface area contributed by atoms with Gasteiger partial charge in [-0.15, -0.1) is 0 Å². The standard InChI is InChI=1S/C22H31NO2/c24-20-21(12-5-6-13-21)18-22(25-20,19-10-3-1-4-11-19)14-9-17-23-15-7-2-8-16-23/h1,3-4,10-11H,2,5-9,12-18H2. The number of likely N-dealkylation sites (tertiary alicyclic amines) is 1. The normalized spacial score (nSPS) is 29.2. The summed E-state index contributed by atoms with van der Waals surface area (Å²) in [5.41, 5.74) is 0.616. The van der Waals surface area contributed by atoms with E-state index in [4.69, 9.17) is 4.74 Å². The molecule has 2 aliphatic heterocycles. The third-order valence-electron chi connectivity index (χ3n) is 6.71. The van der Waals surface area contributed by atoms with E-state index in [9.17, 15) is 4.79 Å². The van der Waals surface area contributed by atoms with Gasteiger partial charge < -0.3 is 9.64 Å². The quantitative estimate of drug-likeness (QED) is 0.730. The second-order valence-electron chi connectivity index (χ2n) is 8.42. The van der Waals surface area contributed by atoms with Crippen LogP contribution in [-0.4, -0.2) is 30.5 Å². The third kappa shape index (κ3) is 3.36. The van der Waals surface area contributed by atoms with Crippen LogP contribution in [0.2, 0.25) is 0 Å². The predicted molar refractivity (Wildman–Crippen MR) is 99.3 cm³/mol. The Labute approximate surface area is 151 Å². The zero-order valence-electron chi connectivity index (χ0n) is 15.3. The molecule has 25 heavy (non-hydrogen) atoms. The average molecular weight is 341 g/mol. The van der Waals surface area contributed by atoms with Crippen LogP contribution in [0.3, 0.4) is 0 Å². The fourth-order valence-corrected chi connectivity index (χ4v) is 5.33. The lowest BCUT2D eigenvalue weighted by Gasteiger charge is -2.31. The summed E-state index contributed by atoms with van der Waals surface area (Å²) < 4.78 is 6.20. The van der Waals surface area contributed by atoms with E-state index in [1.54, 1.807) is 0 Å². The molecule has 1 atom stereocenters. The van der Waals surface area contributed by atoms with Gasteiger partial charge in [-0.25, -0.2) is 0 Å². The van der Waals surface area contributed by atoms with Crippen molar-refractivity contribution >= 4 is 5.97 Å². The van der Waals surface area contributed by atoms with Crippen molar-refractivity contribution in [3.05, 3.63) is 35.9 Å². The second-order valence-corrected chi connectivity index (χ2v) is 8.42. The third-order valence-corrected chi connectivity index (χ3v) is 6.71. The summed E-state index contributed by atoms with van der Waals surface area (Å²) in [6, 6.07) is 10.5. The SMILES string of the molecule is O=C1OC(CCCN2CCCCC2)(c2ccccc2)CC12CCCC2. The van der Waals surface area contributed by atoms with Gasteiger partial charge in [-0.2, -0.15) is 0 Å². The number of carbonyl (C=O) groups excluding carboxylic acids is 1. The monoisotopic (exact) mass is 341 g/mol. The first-order valence-corrected chi connectivity index (χ1v) is 10.2. The molecule has 1 aliphatic carbocycles. The second kappa shape index (κ2) is 7.11. The number of piperidine rings is 1. The molecule has 0 bridgehead atoms. The maximum absolute atomic E-state index is 12.8. The van der Waals surface area contributed by atoms with Crippen molar-refractivity contribution in [2.24, 2.45) is 5.41 Å². The number of carbonyl (C=O) groups is 1. The van der Waals surface area contributed by atoms with Crippen LogP contribution in [-0.2, 0) is 15.1 Å². The van der Waals surface area contributed by atoms with Crippen molar-refractivity contribution < 1.29 is 9.53 Å². The number of rotatable bonds is 5. The van der Waals surface area contributed by atoms with Crippen molar-refractivity contribution in [1.82, 2.24) is 4.90 Å². The molecule has 0 aromatic heterocycles. The lowest BCUT2D eigenvalue weighted by atomic mass is 9.75. The van der Waals surface area contributed by atoms with Gasteiger partial charge in [0.1, 0.15) is 5.60 Å². The molecule has 2 heterocycles. The lowest BCUT2D eigenvalue weighted by Crippen LogP contribution is -2.33. The minimum Gasteiger partial charge on any atom is -0.454 e. The summed E-state index contributed by atoms with van der Waals surface area (Å²) in [6.07, 6.45) is 11.4. The molecule has 3 aliphatic rings. The van der Waals surface area contributed by atoms with E-state index >= 15 is 0 Å². The van der Waals surface area contributed by atoms with Gasteiger partial charge in [0.25, 0.3) is 0 Å². The molecular weight excluding hydrogens is 310 g/mol. The highest BCUT2D eigenvalue weighted by molar-refractivity contribution is 5.80. The van der Waals surface area contributed by atoms with Crippen molar-refractivity contribution in [2.45, 2.75) is 69.8 Å². The Morgan fingerprint density at radius 1 is 0.960 bits per heavy atom. The maximum atomic E-state index is 12.8. The summed E-state index contributed by atoms with van der Waals surface area (Å²) in [6.45, 7) is 3.61. The van der Waals surface area contributed by atoms with Crippen LogP contribution in [0.4, 0.5) is 0 Å². The highest BCUT2D eigenvalue weighted by atomic mass is 16.6. The molecule has 1 spiro atoms. The minimum absolute atomic E-state index is 0.0758. The van der Waals surface area contributed by atoms with E-state index in [0.29, 0.717) is 0 Å². The van der Waals surface area contributed by atoms with E-state index in [2.05, 4.69) is 29.2 Å². The fraction of sp³-hybridized carbons (Fsp3) is 0.682. The summed E-state index contributed by atoms with van der Waals surface area (Å²) in [7, 11) is 0. The van der Waals surface area contributed by atoms with Gasteiger partial charge in [-0.05, 0) is 63.7 Å². The summed E-state index contributed by atoms with van der Waals surface area (Å²) >= 11 is 0. The molecule has 1 aromatic rings. The predicted octanol–water partition coefficient (Wildman–Crippen LogP) is 4.66. The lowest BCUT2D eigenvalue weighted by molar-refractivity contribution is -0.155. The first kappa shape index (κ1) is 17.1. The van der Waals surface area contributed by atoms with E-state index < -0.39 is 5.60 Å². The van der Waals surface area contributed by atoms with Crippen LogP contribution in [0.25, 0.3) is 0 Å². The number of cyclic esters (lactones) is 1. The summed E-state index contributed by atoms with van der Waals surface area (Å²) in [5.74, 6) is 0.0758. The molecule has 3 heteroatoms. The molecule has 0 radical (unpaired) electrons. The van der Waals surface area contributed by atoms with Crippen LogP contribution in [0.1, 0.15) is 69.8 Å². The molecule has 0 N–H and O–H groups in total. The zero-order chi connectivity index (χ0) is 17.2. The summed E-state index contributed by atoms with van der Waals surface area (Å²) in [5, 5.41) is 0. The number of esters is 1. The fourth-order valence-electron chi connectivity index (χ4n) is 5.33. The molecular formula is C22H31NO2. The van der Waals surface area contributed by atoms with E-state index in [1.807, 2.05) is 6.07 Å². The van der Waals surface area contributed by atoms with Gasteiger partial charge in [0.05, 0.1) is 5.41 Å². The Bertz CT molecular complexity index is 587. The topological polar surface area (TPSA) is 29.5 Å². The Morgan fingerprint density at radius 3 is 2.40 bits per heavy atom. The van der Waals surface area contributed by atoms with Gasteiger partial charge in [-0.3, -0.25) is 4.79 Å². The van der Waals surface area contributed by atoms with Gasteiger partial charge >= 0.3 is 5.97 Å². The first-order valence-electron chi connectivity index (χ1n) is 10.2. The molecule has 4 rings (SSSR count). The molecule has 1 unspecified atom stereocenters. The van der Waals surface area contributed by atoms with Crippen molar-refractivity contribution in [3.63, 3.8) is 0 Å². The van der Waals surface area contributed by atoms with Gasteiger partial charge in [-0.1, -0.05) is 49.6 Å². The van der Waals surface area contributed by atoms with Crippen LogP contribution >= 0.6 is 0 Å². The van der Waals surface area contributed by atoms with Crippen LogP contribution in [0, 0.1) is 5.41 Å². The highest BCUT2D eigenvalue weighted by Crippen LogP contribution is 2.56. The smallest absolute Gasteiger partial charge is 0.313 e. The Hall–Kier alpha value is -1.35. The van der Waals surface area contributed by atoms with Crippen molar-refractivity contribution in [2.75, 3.05) is 19.6 Å². The van der Waals surface area contributed by atoms with Crippen molar-refractivity contribution in [3.8, 4) is 0 Å². The Balaban J connectivity index is 1.50. The van der Waals surface area contributed by atoms with E-state index in [1.165, 1.54) is 50.8 Å². The molecule has 1 aromatic carbocycles. The molecule has 136 valence electrons. The van der Waals surface area contributed by atoms with Crippen LogP contribution in [0.5, 0.6) is 0 Å². The average Bonchev–Trinajstić information content (AvgIpc) is 3.23.